The van der Waals surface area contributed by atoms with Gasteiger partial charge in [0.25, 0.3) is 5.69 Å². The fourth-order valence-corrected chi connectivity index (χ4v) is 1.77. The Morgan fingerprint density at radius 2 is 2.05 bits per heavy atom. The lowest BCUT2D eigenvalue weighted by Gasteiger charge is -2.08. The van der Waals surface area contributed by atoms with Crippen LogP contribution in [0.5, 0.6) is 5.95 Å². The third-order valence-corrected chi connectivity index (χ3v) is 2.65. The number of nitrogens with zero attached hydrogens (tertiary/aromatic N) is 2. The minimum Gasteiger partial charge on any atom is -0.539 e. The van der Waals surface area contributed by atoms with E-state index in [0.29, 0.717) is 5.69 Å². The van der Waals surface area contributed by atoms with Gasteiger partial charge in [0.05, 0.1) is 5.27 Å². The summed E-state index contributed by atoms with van der Waals surface area (Å²) in [7, 11) is 0. The summed E-state index contributed by atoms with van der Waals surface area (Å²) in [6, 6.07) is 7.39. The first-order valence-electron chi connectivity index (χ1n) is 5.82. The minimum absolute atomic E-state index is 0.180. The van der Waals surface area contributed by atoms with E-state index >= 15 is 0 Å². The van der Waals surface area contributed by atoms with Crippen LogP contribution in [0.15, 0.2) is 28.8 Å². The maximum Gasteiger partial charge on any atom is 0.303 e. The van der Waals surface area contributed by atoms with E-state index in [4.69, 9.17) is 4.74 Å². The van der Waals surface area contributed by atoms with E-state index in [1.54, 1.807) is 19.1 Å². The quantitative estimate of drug-likeness (QED) is 0.608. The molecule has 0 aliphatic heterocycles. The Labute approximate surface area is 110 Å². The summed E-state index contributed by atoms with van der Waals surface area (Å²) < 4.78 is 11.0. The Morgan fingerprint density at radius 1 is 1.42 bits per heavy atom. The molecular weight excluding hydrogens is 248 g/mol. The van der Waals surface area contributed by atoms with Gasteiger partial charge in [-0.3, -0.25) is 4.79 Å². The molecule has 19 heavy (non-hydrogen) atoms. The third kappa shape index (κ3) is 2.73. The summed E-state index contributed by atoms with van der Waals surface area (Å²) in [6.45, 7) is 4.84. The predicted octanol–water partition coefficient (Wildman–Crippen LogP) is 0.957. The van der Waals surface area contributed by atoms with E-state index in [0.717, 1.165) is 5.56 Å². The molecule has 2 rings (SSSR count). The number of rotatable bonds is 3. The first kappa shape index (κ1) is 13.1. The number of carbonyl (C=O) groups is 1. The Morgan fingerprint density at radius 3 is 2.63 bits per heavy atom. The summed E-state index contributed by atoms with van der Waals surface area (Å²) >= 11 is 0. The number of carbonyl (C=O) groups excluding carboxylic acids is 1. The van der Waals surface area contributed by atoms with Gasteiger partial charge in [-0.25, -0.2) is 0 Å². The van der Waals surface area contributed by atoms with Gasteiger partial charge in [-0.05, 0) is 18.5 Å². The van der Waals surface area contributed by atoms with Gasteiger partial charge < -0.3 is 14.4 Å². The van der Waals surface area contributed by atoms with Crippen LogP contribution in [0.4, 0.5) is 0 Å². The van der Waals surface area contributed by atoms with Gasteiger partial charge in [0.2, 0.25) is 5.69 Å². The van der Waals surface area contributed by atoms with Crippen LogP contribution in [0.1, 0.15) is 31.2 Å². The average molecular weight is 262 g/mol. The SMILES string of the molecule is CC(=O)OC(C)c1c([O-])on[n+]1-c1ccc(C)cc1. The number of esters is 1. The molecule has 1 unspecified atom stereocenters. The Balaban J connectivity index is 2.42. The van der Waals surface area contributed by atoms with Crippen LogP contribution in [0, 0.1) is 6.92 Å². The highest BCUT2D eigenvalue weighted by atomic mass is 16.6. The lowest BCUT2D eigenvalue weighted by atomic mass is 10.2. The molecule has 0 saturated heterocycles. The van der Waals surface area contributed by atoms with E-state index in [-0.39, 0.29) is 5.69 Å². The van der Waals surface area contributed by atoms with Gasteiger partial charge in [-0.2, -0.15) is 0 Å². The zero-order valence-electron chi connectivity index (χ0n) is 10.9. The van der Waals surface area contributed by atoms with Gasteiger partial charge in [0.15, 0.2) is 12.1 Å². The monoisotopic (exact) mass is 262 g/mol. The molecule has 0 amide bonds. The lowest BCUT2D eigenvalue weighted by Crippen LogP contribution is -2.38. The molecule has 100 valence electrons. The molecule has 0 N–H and O–H groups in total. The van der Waals surface area contributed by atoms with Crippen LogP contribution in [0.25, 0.3) is 5.69 Å². The second-order valence-electron chi connectivity index (χ2n) is 4.24. The Hall–Kier alpha value is -2.37. The van der Waals surface area contributed by atoms with Crippen LogP contribution in [-0.4, -0.2) is 11.2 Å². The smallest absolute Gasteiger partial charge is 0.303 e. The van der Waals surface area contributed by atoms with Crippen molar-refractivity contribution in [1.82, 2.24) is 5.27 Å². The van der Waals surface area contributed by atoms with Crippen molar-refractivity contribution in [3.8, 4) is 11.6 Å². The predicted molar refractivity (Wildman–Crippen MR) is 62.4 cm³/mol. The zero-order valence-corrected chi connectivity index (χ0v) is 10.9. The molecule has 1 heterocycles. The molecule has 0 fully saturated rings. The van der Waals surface area contributed by atoms with Gasteiger partial charge in [-0.1, -0.05) is 17.7 Å². The highest BCUT2D eigenvalue weighted by molar-refractivity contribution is 5.66. The van der Waals surface area contributed by atoms with Crippen LogP contribution in [0.2, 0.25) is 0 Å². The summed E-state index contributed by atoms with van der Waals surface area (Å²) in [5.74, 6) is -1.09. The fraction of sp³-hybridized carbons (Fsp3) is 0.308. The Bertz CT molecular complexity index is 589. The van der Waals surface area contributed by atoms with E-state index in [2.05, 4.69) is 9.79 Å². The fourth-order valence-electron chi connectivity index (χ4n) is 1.77. The van der Waals surface area contributed by atoms with Crippen molar-refractivity contribution in [2.45, 2.75) is 26.9 Å². The first-order valence-corrected chi connectivity index (χ1v) is 5.82. The van der Waals surface area contributed by atoms with Crippen molar-refractivity contribution in [2.75, 3.05) is 0 Å². The number of ether oxygens (including phenoxy) is 1. The first-order chi connectivity index (χ1) is 8.99. The van der Waals surface area contributed by atoms with Gasteiger partial charge in [-0.15, -0.1) is 0 Å². The second kappa shape index (κ2) is 5.09. The normalized spacial score (nSPS) is 12.2. The van der Waals surface area contributed by atoms with Crippen LogP contribution < -0.4 is 9.79 Å². The highest BCUT2D eigenvalue weighted by Gasteiger charge is 2.28. The molecule has 0 aliphatic rings. The molecular formula is C13H14N2O4. The number of hydrogen-bond donors (Lipinski definition) is 0. The van der Waals surface area contributed by atoms with Crippen molar-refractivity contribution in [2.24, 2.45) is 0 Å². The second-order valence-corrected chi connectivity index (χ2v) is 4.24. The van der Waals surface area contributed by atoms with Crippen molar-refractivity contribution >= 4 is 5.97 Å². The molecule has 1 aromatic carbocycles. The Kier molecular flexibility index (Phi) is 3.50. The van der Waals surface area contributed by atoms with Crippen LogP contribution >= 0.6 is 0 Å². The lowest BCUT2D eigenvalue weighted by molar-refractivity contribution is -0.680. The largest absolute Gasteiger partial charge is 0.539 e. The minimum atomic E-state index is -0.724. The molecule has 0 spiro atoms. The number of hydrogen-bond acceptors (Lipinski definition) is 5. The van der Waals surface area contributed by atoms with Crippen molar-refractivity contribution < 1.29 is 23.8 Å². The third-order valence-electron chi connectivity index (χ3n) is 2.65. The molecule has 0 radical (unpaired) electrons. The summed E-state index contributed by atoms with van der Waals surface area (Å²) in [5.41, 5.74) is 1.94. The highest BCUT2D eigenvalue weighted by Crippen LogP contribution is 2.21. The number of benzene rings is 1. The van der Waals surface area contributed by atoms with Gasteiger partial charge in [0.1, 0.15) is 0 Å². The van der Waals surface area contributed by atoms with Crippen molar-refractivity contribution in [1.29, 1.82) is 0 Å². The van der Waals surface area contributed by atoms with E-state index in [9.17, 15) is 9.90 Å². The van der Waals surface area contributed by atoms with Crippen LogP contribution in [0.3, 0.4) is 0 Å². The molecule has 1 atom stereocenters. The molecule has 6 heteroatoms. The van der Waals surface area contributed by atoms with Crippen molar-refractivity contribution in [3.05, 3.63) is 35.5 Å². The van der Waals surface area contributed by atoms with Gasteiger partial charge >= 0.3 is 5.97 Å². The van der Waals surface area contributed by atoms with Gasteiger partial charge in [0, 0.05) is 19.1 Å². The maximum absolute atomic E-state index is 11.7. The molecule has 0 saturated carbocycles. The molecule has 1 aromatic heterocycles. The summed E-state index contributed by atoms with van der Waals surface area (Å²) in [4.78, 5) is 11.0. The maximum atomic E-state index is 11.7. The molecule has 2 aromatic rings. The summed E-state index contributed by atoms with van der Waals surface area (Å²) in [5, 5.41) is 15.3. The standard InChI is InChI=1S/C13H14N2O4/c1-8-4-6-11(7-5-8)15-12(13(17)19-14-15)9(2)18-10(3)16/h4-7,9H,1-3H3. The number of aromatic nitrogens is 2. The van der Waals surface area contributed by atoms with E-state index in [1.165, 1.54) is 11.6 Å². The number of aryl methyl sites for hydroxylation is 1. The summed E-state index contributed by atoms with van der Waals surface area (Å²) in [6.07, 6.45) is -0.724. The average Bonchev–Trinajstić information content (AvgIpc) is 2.71. The van der Waals surface area contributed by atoms with Crippen LogP contribution in [-0.2, 0) is 9.53 Å². The molecule has 0 aliphatic carbocycles. The topological polar surface area (TPSA) is 79.3 Å². The van der Waals surface area contributed by atoms with Crippen molar-refractivity contribution in [3.63, 3.8) is 0 Å². The zero-order chi connectivity index (χ0) is 14.0. The van der Waals surface area contributed by atoms with E-state index in [1.807, 2.05) is 19.1 Å². The molecule has 0 bridgehead atoms. The molecule has 6 nitrogen and oxygen atoms in total. The van der Waals surface area contributed by atoms with E-state index < -0.39 is 18.0 Å².